The fourth-order valence-corrected chi connectivity index (χ4v) is 4.38. The lowest BCUT2D eigenvalue weighted by Gasteiger charge is -2.13. The Bertz CT molecular complexity index is 785. The number of nitrogens with zero attached hydrogens (tertiary/aromatic N) is 2. The van der Waals surface area contributed by atoms with E-state index in [9.17, 15) is 0 Å². The molecular weight excluding hydrogens is 500 g/mol. The molecule has 2 rings (SSSR count). The third-order valence-electron chi connectivity index (χ3n) is 6.06. The number of para-hydroxylation sites is 2. The lowest BCUT2D eigenvalue weighted by molar-refractivity contribution is 0.298. The summed E-state index contributed by atoms with van der Waals surface area (Å²) in [4.78, 5) is 0. The first-order chi connectivity index (χ1) is 17.3. The van der Waals surface area contributed by atoms with Gasteiger partial charge in [0.1, 0.15) is 17.2 Å². The molecule has 1 unspecified atom stereocenters. The van der Waals surface area contributed by atoms with Crippen molar-refractivity contribution in [3.63, 3.8) is 0 Å². The van der Waals surface area contributed by atoms with E-state index in [2.05, 4.69) is 28.0 Å². The van der Waals surface area contributed by atoms with Gasteiger partial charge in [-0.05, 0) is 56.4 Å². The minimum Gasteiger partial charge on any atom is -0.494 e. The van der Waals surface area contributed by atoms with Gasteiger partial charge >= 0.3 is 0 Å². The van der Waals surface area contributed by atoms with Gasteiger partial charge in [0.2, 0.25) is 0 Å². The second kappa shape index (κ2) is 20.3. The Kier molecular flexibility index (Phi) is 17.0. The monoisotopic (exact) mass is 544 g/mol. The molecule has 0 aromatic heterocycles. The van der Waals surface area contributed by atoms with Crippen molar-refractivity contribution >= 4 is 21.6 Å². The summed E-state index contributed by atoms with van der Waals surface area (Å²) < 4.78 is 12.0. The van der Waals surface area contributed by atoms with Crippen molar-refractivity contribution in [2.75, 3.05) is 18.5 Å². The number of ether oxygens (including phenoxy) is 2. The summed E-state index contributed by atoms with van der Waals surface area (Å²) in [6.45, 7) is 3.70. The molecule has 0 aliphatic rings. The standard InChI is InChI=1S/C30H45BrN2O2/c1-2-3-4-5-8-16-25-35-30-23-14-13-22-29(30)33-32-27(18-10-6-7-15-24-31)19-17-26-34-28-20-11-9-12-21-28/h9,11-14,20-23,27H,2-8,10,15-19,24-26H2,1H3. The van der Waals surface area contributed by atoms with Gasteiger partial charge in [-0.1, -0.05) is 105 Å². The van der Waals surface area contributed by atoms with E-state index in [1.807, 2.05) is 54.6 Å². The van der Waals surface area contributed by atoms with E-state index < -0.39 is 0 Å². The minimum atomic E-state index is 0.213. The number of halogens is 1. The zero-order valence-corrected chi connectivity index (χ0v) is 23.3. The summed E-state index contributed by atoms with van der Waals surface area (Å²) in [6, 6.07) is 18.3. The fraction of sp³-hybridized carbons (Fsp3) is 0.600. The average Bonchev–Trinajstić information content (AvgIpc) is 2.89. The second-order valence-corrected chi connectivity index (χ2v) is 9.94. The molecule has 0 heterocycles. The Morgan fingerprint density at radius 3 is 2.17 bits per heavy atom. The van der Waals surface area contributed by atoms with Gasteiger partial charge in [0, 0.05) is 5.33 Å². The van der Waals surface area contributed by atoms with Crippen LogP contribution < -0.4 is 9.47 Å². The molecule has 1 atom stereocenters. The molecule has 0 aliphatic carbocycles. The maximum atomic E-state index is 6.07. The average molecular weight is 546 g/mol. The van der Waals surface area contributed by atoms with Crippen LogP contribution in [0, 0.1) is 0 Å². The normalized spacial score (nSPS) is 12.2. The quantitative estimate of drug-likeness (QED) is 0.0890. The van der Waals surface area contributed by atoms with E-state index >= 15 is 0 Å². The summed E-state index contributed by atoms with van der Waals surface area (Å²) in [6.07, 6.45) is 15.5. The highest BCUT2D eigenvalue weighted by molar-refractivity contribution is 9.09. The summed E-state index contributed by atoms with van der Waals surface area (Å²) in [5.41, 5.74) is 0.836. The van der Waals surface area contributed by atoms with Gasteiger partial charge in [0.05, 0.1) is 19.3 Å². The number of alkyl halides is 1. The molecule has 0 aliphatic heterocycles. The van der Waals surface area contributed by atoms with E-state index in [0.717, 1.165) is 54.8 Å². The van der Waals surface area contributed by atoms with E-state index in [-0.39, 0.29) is 6.04 Å². The maximum absolute atomic E-state index is 6.07. The molecular formula is C30H45BrN2O2. The van der Waals surface area contributed by atoms with Crippen LogP contribution in [0.4, 0.5) is 5.69 Å². The van der Waals surface area contributed by atoms with Crippen LogP contribution in [-0.4, -0.2) is 24.6 Å². The van der Waals surface area contributed by atoms with Crippen LogP contribution in [0.15, 0.2) is 64.8 Å². The molecule has 0 saturated carbocycles. The van der Waals surface area contributed by atoms with Crippen molar-refractivity contribution in [1.29, 1.82) is 0 Å². The van der Waals surface area contributed by atoms with Crippen molar-refractivity contribution in [3.05, 3.63) is 54.6 Å². The first kappa shape index (κ1) is 29.4. The number of hydrogen-bond donors (Lipinski definition) is 0. The fourth-order valence-electron chi connectivity index (χ4n) is 3.98. The molecule has 0 spiro atoms. The number of hydrogen-bond acceptors (Lipinski definition) is 4. The van der Waals surface area contributed by atoms with Crippen LogP contribution in [-0.2, 0) is 0 Å². The van der Waals surface area contributed by atoms with E-state index in [1.165, 1.54) is 57.8 Å². The third-order valence-corrected chi connectivity index (χ3v) is 6.62. The summed E-state index contributed by atoms with van der Waals surface area (Å²) in [7, 11) is 0. The van der Waals surface area contributed by atoms with Crippen LogP contribution in [0.1, 0.15) is 90.4 Å². The highest BCUT2D eigenvalue weighted by Gasteiger charge is 2.09. The Balaban J connectivity index is 1.84. The molecule has 0 radical (unpaired) electrons. The van der Waals surface area contributed by atoms with Crippen molar-refractivity contribution in [3.8, 4) is 11.5 Å². The second-order valence-electron chi connectivity index (χ2n) is 9.15. The van der Waals surface area contributed by atoms with Gasteiger partial charge in [0.15, 0.2) is 0 Å². The van der Waals surface area contributed by atoms with Gasteiger partial charge in [-0.25, -0.2) is 0 Å². The molecule has 2 aromatic carbocycles. The Morgan fingerprint density at radius 1 is 0.686 bits per heavy atom. The molecule has 0 bridgehead atoms. The Hall–Kier alpha value is -1.88. The van der Waals surface area contributed by atoms with Crippen LogP contribution in [0.5, 0.6) is 11.5 Å². The van der Waals surface area contributed by atoms with E-state index in [0.29, 0.717) is 6.61 Å². The number of benzene rings is 2. The zero-order chi connectivity index (χ0) is 24.8. The van der Waals surface area contributed by atoms with Crippen molar-refractivity contribution < 1.29 is 9.47 Å². The van der Waals surface area contributed by atoms with Gasteiger partial charge < -0.3 is 9.47 Å². The number of azo groups is 1. The number of unbranched alkanes of at least 4 members (excludes halogenated alkanes) is 8. The molecule has 2 aromatic rings. The van der Waals surface area contributed by atoms with Gasteiger partial charge in [-0.3, -0.25) is 0 Å². The first-order valence-electron chi connectivity index (χ1n) is 13.7. The molecule has 35 heavy (non-hydrogen) atoms. The lowest BCUT2D eigenvalue weighted by Crippen LogP contribution is -2.07. The molecule has 0 N–H and O–H groups in total. The van der Waals surface area contributed by atoms with Crippen LogP contribution in [0.25, 0.3) is 0 Å². The molecule has 4 nitrogen and oxygen atoms in total. The van der Waals surface area contributed by atoms with Crippen LogP contribution in [0.2, 0.25) is 0 Å². The Morgan fingerprint density at radius 2 is 1.34 bits per heavy atom. The summed E-state index contributed by atoms with van der Waals surface area (Å²) in [5.74, 6) is 1.77. The number of rotatable bonds is 21. The van der Waals surface area contributed by atoms with Gasteiger partial charge in [-0.2, -0.15) is 10.2 Å². The highest BCUT2D eigenvalue weighted by Crippen LogP contribution is 2.28. The minimum absolute atomic E-state index is 0.213. The first-order valence-corrected chi connectivity index (χ1v) is 14.8. The maximum Gasteiger partial charge on any atom is 0.146 e. The van der Waals surface area contributed by atoms with Gasteiger partial charge in [0.25, 0.3) is 0 Å². The summed E-state index contributed by atoms with van der Waals surface area (Å²) >= 11 is 3.53. The molecule has 5 heteroatoms. The highest BCUT2D eigenvalue weighted by atomic mass is 79.9. The van der Waals surface area contributed by atoms with Crippen molar-refractivity contribution in [2.45, 2.75) is 96.4 Å². The van der Waals surface area contributed by atoms with Crippen molar-refractivity contribution in [1.82, 2.24) is 0 Å². The predicted molar refractivity (Wildman–Crippen MR) is 152 cm³/mol. The topological polar surface area (TPSA) is 43.2 Å². The smallest absolute Gasteiger partial charge is 0.146 e. The largest absolute Gasteiger partial charge is 0.494 e. The SMILES string of the molecule is CCCCCCCCOc1ccccc1N=NC(CCCCCCBr)CCCOc1ccccc1. The third kappa shape index (κ3) is 14.3. The molecule has 194 valence electrons. The van der Waals surface area contributed by atoms with E-state index in [1.54, 1.807) is 0 Å². The molecule has 0 saturated heterocycles. The van der Waals surface area contributed by atoms with Crippen LogP contribution >= 0.6 is 15.9 Å². The predicted octanol–water partition coefficient (Wildman–Crippen LogP) is 10.1. The zero-order valence-electron chi connectivity index (χ0n) is 21.7. The van der Waals surface area contributed by atoms with E-state index in [4.69, 9.17) is 14.6 Å². The molecule has 0 amide bonds. The lowest BCUT2D eigenvalue weighted by atomic mass is 10.0. The molecule has 0 fully saturated rings. The Labute approximate surface area is 222 Å². The van der Waals surface area contributed by atoms with Gasteiger partial charge in [-0.15, -0.1) is 0 Å². The van der Waals surface area contributed by atoms with Crippen molar-refractivity contribution in [2.24, 2.45) is 10.2 Å². The summed E-state index contributed by atoms with van der Waals surface area (Å²) in [5, 5.41) is 10.5. The van der Waals surface area contributed by atoms with Crippen LogP contribution in [0.3, 0.4) is 0 Å².